The molecule has 2 fully saturated rings. The quantitative estimate of drug-likeness (QED) is 0.533. The lowest BCUT2D eigenvalue weighted by Crippen LogP contribution is -2.37. The largest absolute Gasteiger partial charge is 0.493 e. The molecule has 35 heavy (non-hydrogen) atoms. The fraction of sp³-hybridized carbons (Fsp3) is 0.692. The highest BCUT2D eigenvalue weighted by atomic mass is 16.5. The molecule has 1 aromatic carbocycles. The minimum absolute atomic E-state index is 0.113. The number of aromatic nitrogens is 2. The van der Waals surface area contributed by atoms with Crippen molar-refractivity contribution in [2.24, 2.45) is 0 Å². The highest BCUT2D eigenvalue weighted by Gasteiger charge is 2.22. The summed E-state index contributed by atoms with van der Waals surface area (Å²) >= 11 is 0. The van der Waals surface area contributed by atoms with E-state index < -0.39 is 14.0 Å². The summed E-state index contributed by atoms with van der Waals surface area (Å²) in [6.07, 6.45) is 3.27. The minimum atomic E-state index is -2.72. The number of methoxy groups -OCH3 is 1. The molecule has 0 unspecified atom stereocenters. The summed E-state index contributed by atoms with van der Waals surface area (Å²) in [6, 6.07) is 4.00. The van der Waals surface area contributed by atoms with E-state index in [0.29, 0.717) is 33.9 Å². The Labute approximate surface area is 218 Å². The van der Waals surface area contributed by atoms with Crippen LogP contribution in [-0.2, 0) is 0 Å². The second-order valence-electron chi connectivity index (χ2n) is 9.61. The van der Waals surface area contributed by atoms with Crippen molar-refractivity contribution in [3.63, 3.8) is 0 Å². The van der Waals surface area contributed by atoms with Gasteiger partial charge >= 0.3 is 0 Å². The maximum Gasteiger partial charge on any atom is 0.227 e. The summed E-state index contributed by atoms with van der Waals surface area (Å²) < 4.78 is 57.0. The molecule has 1 aromatic heterocycles. The molecule has 0 saturated carbocycles. The number of likely N-dealkylation sites (tertiary alicyclic amines) is 1. The number of benzene rings is 1. The van der Waals surface area contributed by atoms with Crippen molar-refractivity contribution in [1.29, 1.82) is 0 Å². The Kier molecular flexibility index (Phi) is 6.49. The van der Waals surface area contributed by atoms with Crippen LogP contribution >= 0.6 is 0 Å². The number of nitrogens with zero attached hydrogens (tertiary/aromatic N) is 6. The van der Waals surface area contributed by atoms with E-state index in [4.69, 9.17) is 27.7 Å². The van der Waals surface area contributed by atoms with Crippen LogP contribution in [-0.4, -0.2) is 118 Å². The topological polar surface area (TPSA) is 69.2 Å². The standard InChI is InChI=1S/C26H43N7O2/c1-30(2)10-7-17-35-24-19-22-21(18-23(24)34-5)25(27-20-8-13-32(4)14-9-20)29-26(28-22)33-12-6-11-31(3)15-16-33/h18-20H,6-17H2,1-5H3,(H,27,28,29)/i1D3,2D3. The van der Waals surface area contributed by atoms with Crippen LogP contribution in [0.1, 0.15) is 33.9 Å². The third kappa shape index (κ3) is 6.86. The van der Waals surface area contributed by atoms with Gasteiger partial charge in [-0.3, -0.25) is 0 Å². The lowest BCUT2D eigenvalue weighted by Gasteiger charge is -2.30. The van der Waals surface area contributed by atoms with Crippen LogP contribution in [0.25, 0.3) is 10.9 Å². The van der Waals surface area contributed by atoms with Gasteiger partial charge in [-0.1, -0.05) is 0 Å². The Hall–Kier alpha value is -2.36. The molecule has 0 spiro atoms. The third-order valence-electron chi connectivity index (χ3n) is 6.81. The number of likely N-dealkylation sites (N-methyl/N-ethyl adjacent to an activating group) is 1. The Bertz CT molecular complexity index is 1140. The van der Waals surface area contributed by atoms with Gasteiger partial charge in [0.15, 0.2) is 11.5 Å². The summed E-state index contributed by atoms with van der Waals surface area (Å²) in [5.41, 5.74) is 0.713. The van der Waals surface area contributed by atoms with Crippen LogP contribution in [0, 0.1) is 0 Å². The zero-order chi connectivity index (χ0) is 29.8. The van der Waals surface area contributed by atoms with Crippen molar-refractivity contribution >= 4 is 22.7 Å². The monoisotopic (exact) mass is 491 g/mol. The molecule has 9 nitrogen and oxygen atoms in total. The van der Waals surface area contributed by atoms with E-state index in [0.717, 1.165) is 69.7 Å². The molecule has 0 aliphatic carbocycles. The number of rotatable bonds is 9. The van der Waals surface area contributed by atoms with Crippen molar-refractivity contribution in [3.05, 3.63) is 12.1 Å². The molecule has 2 saturated heterocycles. The minimum Gasteiger partial charge on any atom is -0.493 e. The van der Waals surface area contributed by atoms with Crippen molar-refractivity contribution < 1.29 is 17.7 Å². The number of ether oxygens (including phenoxy) is 2. The average Bonchev–Trinajstić information content (AvgIpc) is 3.12. The van der Waals surface area contributed by atoms with Gasteiger partial charge in [0.05, 0.1) is 19.2 Å². The lowest BCUT2D eigenvalue weighted by molar-refractivity contribution is 0.263. The zero-order valence-corrected chi connectivity index (χ0v) is 21.2. The van der Waals surface area contributed by atoms with E-state index in [1.807, 2.05) is 12.1 Å². The molecule has 0 amide bonds. The fourth-order valence-electron chi connectivity index (χ4n) is 4.65. The van der Waals surface area contributed by atoms with Gasteiger partial charge in [0.2, 0.25) is 5.95 Å². The fourth-order valence-corrected chi connectivity index (χ4v) is 4.65. The van der Waals surface area contributed by atoms with E-state index in [1.54, 1.807) is 7.11 Å². The number of nitrogens with one attached hydrogen (secondary N) is 1. The smallest absolute Gasteiger partial charge is 0.227 e. The molecule has 194 valence electrons. The highest BCUT2D eigenvalue weighted by molar-refractivity contribution is 5.93. The Morgan fingerprint density at radius 2 is 1.83 bits per heavy atom. The first-order chi connectivity index (χ1) is 19.3. The Morgan fingerprint density at radius 1 is 1.03 bits per heavy atom. The normalized spacial score (nSPS) is 22.0. The molecule has 4 rings (SSSR count). The van der Waals surface area contributed by atoms with Crippen molar-refractivity contribution in [3.8, 4) is 11.5 Å². The molecule has 9 heteroatoms. The summed E-state index contributed by atoms with van der Waals surface area (Å²) in [6.45, 7) is 0.205. The number of fused-ring (bicyclic) bond motifs is 1. The second kappa shape index (κ2) is 12.1. The molecule has 2 aliphatic heterocycles. The van der Waals surface area contributed by atoms with Crippen LogP contribution in [0.2, 0.25) is 0 Å². The summed E-state index contributed by atoms with van der Waals surface area (Å²) in [7, 11) is 5.83. The Balaban J connectivity index is 1.60. The van der Waals surface area contributed by atoms with Crippen molar-refractivity contribution in [2.75, 3.05) is 97.8 Å². The van der Waals surface area contributed by atoms with Crippen molar-refractivity contribution in [1.82, 2.24) is 24.7 Å². The first kappa shape index (κ1) is 18.8. The highest BCUT2D eigenvalue weighted by Crippen LogP contribution is 2.36. The van der Waals surface area contributed by atoms with Crippen LogP contribution in [0.4, 0.5) is 11.8 Å². The molecular weight excluding hydrogens is 442 g/mol. The van der Waals surface area contributed by atoms with Crippen LogP contribution in [0.3, 0.4) is 0 Å². The number of anilines is 2. The van der Waals surface area contributed by atoms with Gasteiger partial charge in [-0.2, -0.15) is 4.98 Å². The van der Waals surface area contributed by atoms with E-state index in [2.05, 4.69) is 34.1 Å². The maximum atomic E-state index is 7.56. The number of hydrogen-bond acceptors (Lipinski definition) is 9. The van der Waals surface area contributed by atoms with E-state index in [-0.39, 0.29) is 19.6 Å². The van der Waals surface area contributed by atoms with Gasteiger partial charge in [0, 0.05) is 51.9 Å². The predicted molar refractivity (Wildman–Crippen MR) is 143 cm³/mol. The molecule has 0 atom stereocenters. The zero-order valence-electron chi connectivity index (χ0n) is 27.2. The molecule has 2 aliphatic rings. The second-order valence-corrected chi connectivity index (χ2v) is 9.61. The molecule has 2 aromatic rings. The molecule has 0 radical (unpaired) electrons. The van der Waals surface area contributed by atoms with Gasteiger partial charge in [-0.05, 0) is 79.4 Å². The van der Waals surface area contributed by atoms with Gasteiger partial charge in [-0.15, -0.1) is 0 Å². The van der Waals surface area contributed by atoms with E-state index in [9.17, 15) is 0 Å². The summed E-state index contributed by atoms with van der Waals surface area (Å²) in [5.74, 6) is 2.40. The molecule has 3 heterocycles. The van der Waals surface area contributed by atoms with Gasteiger partial charge in [0.25, 0.3) is 0 Å². The first-order valence-electron chi connectivity index (χ1n) is 15.5. The lowest BCUT2D eigenvalue weighted by atomic mass is 10.1. The average molecular weight is 492 g/mol. The van der Waals surface area contributed by atoms with Crippen molar-refractivity contribution in [2.45, 2.75) is 31.7 Å². The van der Waals surface area contributed by atoms with E-state index >= 15 is 0 Å². The summed E-state index contributed by atoms with van der Waals surface area (Å²) in [5, 5.41) is 4.52. The molecular formula is C26H43N7O2. The van der Waals surface area contributed by atoms with Gasteiger partial charge in [0.1, 0.15) is 5.82 Å². The first-order valence-corrected chi connectivity index (χ1v) is 12.5. The molecule has 1 N–H and O–H groups in total. The van der Waals surface area contributed by atoms with Crippen LogP contribution < -0.4 is 19.7 Å². The molecule has 0 bridgehead atoms. The van der Waals surface area contributed by atoms with E-state index in [1.165, 1.54) is 0 Å². The van der Waals surface area contributed by atoms with Crippen LogP contribution in [0.5, 0.6) is 11.5 Å². The summed E-state index contributed by atoms with van der Waals surface area (Å²) in [4.78, 5) is 17.4. The SMILES string of the molecule is [2H]C([2H])([2H])N(CCCOc1cc2nc(N3CCCN(C)CC3)nc(NC3CCN(C)CC3)c2cc1OC)C([2H])([2H])[2H]. The van der Waals surface area contributed by atoms with Gasteiger partial charge < -0.3 is 34.4 Å². The Morgan fingerprint density at radius 3 is 2.60 bits per heavy atom. The third-order valence-corrected chi connectivity index (χ3v) is 6.81. The number of hydrogen-bond donors (Lipinski definition) is 1. The van der Waals surface area contributed by atoms with Gasteiger partial charge in [-0.25, -0.2) is 4.98 Å². The predicted octanol–water partition coefficient (Wildman–Crippen LogP) is 2.62. The number of piperidine rings is 1. The van der Waals surface area contributed by atoms with Crippen LogP contribution in [0.15, 0.2) is 12.1 Å². The maximum absolute atomic E-state index is 7.56.